The summed E-state index contributed by atoms with van der Waals surface area (Å²) in [6.07, 6.45) is 2.73. The minimum absolute atomic E-state index is 0.0141. The molecule has 0 bridgehead atoms. The molecule has 0 atom stereocenters. The molecule has 1 saturated carbocycles. The van der Waals surface area contributed by atoms with E-state index in [0.29, 0.717) is 4.88 Å². The number of Topliss-reactive ketones (excluding diaryl/α,β-unsaturated/α-hetero) is 1. The summed E-state index contributed by atoms with van der Waals surface area (Å²) < 4.78 is 16.3. The van der Waals surface area contributed by atoms with Gasteiger partial charge in [-0.1, -0.05) is 17.8 Å². The quantitative estimate of drug-likeness (QED) is 0.576. The number of nitrogens with zero attached hydrogens (tertiary/aromatic N) is 1. The van der Waals surface area contributed by atoms with E-state index in [2.05, 4.69) is 4.98 Å². The lowest BCUT2D eigenvalue weighted by Gasteiger charge is -2.23. The average molecular weight is 328 g/mol. The average Bonchev–Trinajstić information content (AvgIpc) is 2.91. The van der Waals surface area contributed by atoms with Crippen LogP contribution >= 0.6 is 18.9 Å². The summed E-state index contributed by atoms with van der Waals surface area (Å²) in [7, 11) is -4.47. The molecule has 3 rings (SSSR count). The zero-order chi connectivity index (χ0) is 15.2. The van der Waals surface area contributed by atoms with Crippen LogP contribution in [0.3, 0.4) is 0 Å². The third-order valence-corrected chi connectivity index (χ3v) is 5.17. The number of nitrogens with two attached hydrogens (primary N) is 1. The molecule has 2 aromatic rings. The first-order valence-electron chi connectivity index (χ1n) is 6.33. The summed E-state index contributed by atoms with van der Waals surface area (Å²) >= 11 is 1.07. The van der Waals surface area contributed by atoms with Gasteiger partial charge in [0.2, 0.25) is 5.50 Å². The molecule has 0 saturated heterocycles. The zero-order valence-electron chi connectivity index (χ0n) is 10.9. The van der Waals surface area contributed by atoms with Crippen molar-refractivity contribution in [3.8, 4) is 11.5 Å². The number of hydrogen-bond acceptors (Lipinski definition) is 6. The molecule has 0 amide bonds. The van der Waals surface area contributed by atoms with Crippen molar-refractivity contribution >= 4 is 35.3 Å². The number of ketones is 1. The minimum atomic E-state index is -4.47. The summed E-state index contributed by atoms with van der Waals surface area (Å²) in [5, 5.41) is 0.224. The van der Waals surface area contributed by atoms with Crippen LogP contribution in [0.15, 0.2) is 16.5 Å². The maximum Gasteiger partial charge on any atom is 0.391 e. The van der Waals surface area contributed by atoms with Crippen molar-refractivity contribution in [3.05, 3.63) is 17.0 Å². The molecule has 7 nitrogen and oxygen atoms in total. The van der Waals surface area contributed by atoms with Crippen molar-refractivity contribution in [2.45, 2.75) is 19.3 Å². The lowest BCUT2D eigenvalue weighted by Crippen LogP contribution is -2.21. The molecule has 1 aliphatic rings. The Morgan fingerprint density at radius 3 is 2.67 bits per heavy atom. The first-order valence-corrected chi connectivity index (χ1v) is 8.76. The van der Waals surface area contributed by atoms with Crippen molar-refractivity contribution < 1.29 is 23.6 Å². The number of rotatable bonds is 4. The lowest BCUT2D eigenvalue weighted by molar-refractivity contribution is 0.0860. The molecule has 21 heavy (non-hydrogen) atoms. The van der Waals surface area contributed by atoms with Crippen LogP contribution in [0.4, 0.5) is 5.13 Å². The summed E-state index contributed by atoms with van der Waals surface area (Å²) in [5.74, 6) is 0.100. The third-order valence-electron chi connectivity index (χ3n) is 3.46. The van der Waals surface area contributed by atoms with Crippen LogP contribution in [-0.2, 0) is 4.57 Å². The zero-order valence-corrected chi connectivity index (χ0v) is 12.6. The van der Waals surface area contributed by atoms with E-state index in [1.54, 1.807) is 0 Å². The molecule has 0 unspecified atom stereocenters. The summed E-state index contributed by atoms with van der Waals surface area (Å²) in [6.45, 7) is 0. The Hall–Kier alpha value is -1.47. The normalized spacial score (nSPS) is 15.9. The number of furan rings is 1. The lowest BCUT2D eigenvalue weighted by atomic mass is 9.81. The van der Waals surface area contributed by atoms with E-state index in [9.17, 15) is 9.36 Å². The molecule has 112 valence electrons. The second-order valence-electron chi connectivity index (χ2n) is 4.90. The van der Waals surface area contributed by atoms with Crippen molar-refractivity contribution in [1.82, 2.24) is 4.98 Å². The number of carbonyl (C=O) groups is 1. The molecule has 4 N–H and O–H groups in total. The molecule has 0 aromatic carbocycles. The van der Waals surface area contributed by atoms with E-state index in [0.717, 1.165) is 30.6 Å². The van der Waals surface area contributed by atoms with E-state index in [-0.39, 0.29) is 28.3 Å². The van der Waals surface area contributed by atoms with Gasteiger partial charge >= 0.3 is 7.60 Å². The van der Waals surface area contributed by atoms with Crippen LogP contribution in [0.1, 0.15) is 28.9 Å². The first-order chi connectivity index (χ1) is 9.86. The Morgan fingerprint density at radius 2 is 2.14 bits per heavy atom. The third kappa shape index (κ3) is 2.67. The topological polar surface area (TPSA) is 127 Å². The molecular weight excluding hydrogens is 315 g/mol. The highest BCUT2D eigenvalue weighted by Crippen LogP contribution is 2.39. The number of anilines is 1. The Morgan fingerprint density at radius 1 is 1.43 bits per heavy atom. The van der Waals surface area contributed by atoms with Gasteiger partial charge in [-0.15, -0.1) is 0 Å². The highest BCUT2D eigenvalue weighted by molar-refractivity contribution is 7.59. The number of carbonyl (C=O) groups excluding carboxylic acids is 1. The van der Waals surface area contributed by atoms with E-state index in [1.807, 2.05) is 0 Å². The number of hydrogen-bond donors (Lipinski definition) is 3. The predicted molar refractivity (Wildman–Crippen MR) is 77.6 cm³/mol. The molecule has 2 heterocycles. The SMILES string of the molecule is Nc1nc(-c2ccc(P(=O)(O)O)o2)c(C(=O)C2CCC2)s1. The standard InChI is InChI=1S/C12H13N2O5PS/c13-12-14-9(7-4-5-8(19-7)20(16,17)18)11(21-12)10(15)6-2-1-3-6/h4-6H,1-3H2,(H2,13,14)(H2,16,17,18). The number of aromatic nitrogens is 1. The van der Waals surface area contributed by atoms with E-state index >= 15 is 0 Å². The molecule has 9 heteroatoms. The largest absolute Gasteiger partial charge is 0.446 e. The van der Waals surface area contributed by atoms with Crippen LogP contribution in [0, 0.1) is 5.92 Å². The van der Waals surface area contributed by atoms with Gasteiger partial charge in [0.1, 0.15) is 10.6 Å². The van der Waals surface area contributed by atoms with E-state index in [4.69, 9.17) is 19.9 Å². The molecular formula is C12H13N2O5PS. The van der Waals surface area contributed by atoms with Gasteiger partial charge in [0.15, 0.2) is 16.7 Å². The summed E-state index contributed by atoms with van der Waals surface area (Å²) in [6, 6.07) is 2.57. The van der Waals surface area contributed by atoms with E-state index < -0.39 is 13.1 Å². The van der Waals surface area contributed by atoms with Crippen molar-refractivity contribution in [2.75, 3.05) is 5.73 Å². The second-order valence-corrected chi connectivity index (χ2v) is 7.46. The maximum absolute atomic E-state index is 12.4. The second kappa shape index (κ2) is 5.06. The Labute approximate surface area is 124 Å². The number of thiazole rings is 1. The van der Waals surface area contributed by atoms with Crippen LogP contribution in [0.2, 0.25) is 0 Å². The molecule has 0 radical (unpaired) electrons. The highest BCUT2D eigenvalue weighted by Gasteiger charge is 2.32. The van der Waals surface area contributed by atoms with Crippen molar-refractivity contribution in [1.29, 1.82) is 0 Å². The molecule has 1 fully saturated rings. The monoisotopic (exact) mass is 328 g/mol. The Balaban J connectivity index is 2.00. The predicted octanol–water partition coefficient (Wildman–Crippen LogP) is 1.77. The fourth-order valence-corrected chi connectivity index (χ4v) is 3.48. The van der Waals surface area contributed by atoms with E-state index in [1.165, 1.54) is 12.1 Å². The van der Waals surface area contributed by atoms with Crippen LogP contribution in [-0.4, -0.2) is 20.6 Å². The number of nitrogen functional groups attached to an aromatic ring is 1. The smallest absolute Gasteiger partial charge is 0.391 e. The van der Waals surface area contributed by atoms with Crippen LogP contribution in [0.25, 0.3) is 11.5 Å². The first kappa shape index (κ1) is 14.5. The van der Waals surface area contributed by atoms with Crippen molar-refractivity contribution in [3.63, 3.8) is 0 Å². The molecule has 1 aliphatic carbocycles. The summed E-state index contributed by atoms with van der Waals surface area (Å²) in [5.41, 5.74) is 5.47. The Kier molecular flexibility index (Phi) is 3.49. The Bertz CT molecular complexity index is 743. The van der Waals surface area contributed by atoms with Gasteiger partial charge in [-0.2, -0.15) is 0 Å². The van der Waals surface area contributed by atoms with Gasteiger partial charge in [0, 0.05) is 5.92 Å². The fraction of sp³-hybridized carbons (Fsp3) is 0.333. The van der Waals surface area contributed by atoms with Gasteiger partial charge in [-0.05, 0) is 25.0 Å². The van der Waals surface area contributed by atoms with Gasteiger partial charge in [-0.3, -0.25) is 9.36 Å². The molecule has 2 aromatic heterocycles. The molecule has 0 spiro atoms. The molecule has 0 aliphatic heterocycles. The van der Waals surface area contributed by atoms with Gasteiger partial charge in [-0.25, -0.2) is 4.98 Å². The fourth-order valence-electron chi connectivity index (χ4n) is 2.14. The summed E-state index contributed by atoms with van der Waals surface area (Å²) in [4.78, 5) is 35.0. The van der Waals surface area contributed by atoms with Crippen LogP contribution in [0.5, 0.6) is 0 Å². The van der Waals surface area contributed by atoms with Gasteiger partial charge < -0.3 is 19.9 Å². The maximum atomic E-state index is 12.4. The minimum Gasteiger partial charge on any atom is -0.446 e. The van der Waals surface area contributed by atoms with Crippen LogP contribution < -0.4 is 11.2 Å². The highest BCUT2D eigenvalue weighted by atomic mass is 32.1. The van der Waals surface area contributed by atoms with Crippen molar-refractivity contribution in [2.24, 2.45) is 5.92 Å². The van der Waals surface area contributed by atoms with Gasteiger partial charge in [0.05, 0.1) is 0 Å². The van der Waals surface area contributed by atoms with Gasteiger partial charge in [0.25, 0.3) is 0 Å².